The number of methoxy groups -OCH3 is 1. The van der Waals surface area contributed by atoms with Crippen molar-refractivity contribution in [2.75, 3.05) is 39.6 Å². The van der Waals surface area contributed by atoms with Crippen molar-refractivity contribution in [1.82, 2.24) is 19.7 Å². The maximum atomic E-state index is 5.51. The summed E-state index contributed by atoms with van der Waals surface area (Å²) < 4.78 is 7.34. The van der Waals surface area contributed by atoms with Crippen LogP contribution in [-0.2, 0) is 7.05 Å². The molecule has 0 radical (unpaired) electrons. The monoisotopic (exact) mass is 399 g/mol. The van der Waals surface area contributed by atoms with E-state index in [0.717, 1.165) is 58.6 Å². The van der Waals surface area contributed by atoms with Gasteiger partial charge in [0.15, 0.2) is 5.65 Å². The van der Waals surface area contributed by atoms with Gasteiger partial charge in [-0.05, 0) is 40.1 Å². The normalized spacial score (nSPS) is 10.7. The number of rotatable bonds is 6. The van der Waals surface area contributed by atoms with Gasteiger partial charge in [0.2, 0.25) is 0 Å². The Kier molecular flexibility index (Phi) is 7.93. The molecule has 2 heterocycles. The summed E-state index contributed by atoms with van der Waals surface area (Å²) in [6.07, 6.45) is 1.07. The number of benzene rings is 1. The average molecular weight is 400 g/mol. The lowest BCUT2D eigenvalue weighted by Crippen LogP contribution is -2.16. The van der Waals surface area contributed by atoms with Gasteiger partial charge in [0.05, 0.1) is 23.9 Å². The molecular formula is C18H27Cl2N5O. The minimum atomic E-state index is 0. The molecule has 0 amide bonds. The summed E-state index contributed by atoms with van der Waals surface area (Å²) in [4.78, 5) is 7.01. The van der Waals surface area contributed by atoms with Gasteiger partial charge in [-0.15, -0.1) is 24.8 Å². The second-order valence-corrected chi connectivity index (χ2v) is 6.33. The third kappa shape index (κ3) is 4.14. The fourth-order valence-electron chi connectivity index (χ4n) is 3.10. The van der Waals surface area contributed by atoms with E-state index in [0.29, 0.717) is 0 Å². The quantitative estimate of drug-likeness (QED) is 0.641. The van der Waals surface area contributed by atoms with Crippen LogP contribution in [0.2, 0.25) is 0 Å². The maximum absolute atomic E-state index is 5.51. The van der Waals surface area contributed by atoms with E-state index in [1.807, 2.05) is 30.8 Å². The molecule has 0 saturated heterocycles. The highest BCUT2D eigenvalue weighted by atomic mass is 35.5. The molecule has 1 aromatic carbocycles. The molecule has 0 aliphatic rings. The van der Waals surface area contributed by atoms with E-state index in [2.05, 4.69) is 35.5 Å². The Bertz CT molecular complexity index is 879. The van der Waals surface area contributed by atoms with Crippen LogP contribution in [-0.4, -0.2) is 54.0 Å². The lowest BCUT2D eigenvalue weighted by Gasteiger charge is -2.14. The van der Waals surface area contributed by atoms with Crippen molar-refractivity contribution in [3.05, 3.63) is 23.9 Å². The molecule has 8 heteroatoms. The number of aromatic nitrogens is 3. The lowest BCUT2D eigenvalue weighted by molar-refractivity contribution is 0.405. The number of hydrogen-bond donors (Lipinski definition) is 1. The summed E-state index contributed by atoms with van der Waals surface area (Å²) in [6.45, 7) is 3.98. The molecule has 0 unspecified atom stereocenters. The molecule has 0 saturated carbocycles. The van der Waals surface area contributed by atoms with Crippen LogP contribution >= 0.6 is 24.8 Å². The van der Waals surface area contributed by atoms with Crippen molar-refractivity contribution < 1.29 is 4.74 Å². The molecule has 6 nitrogen and oxygen atoms in total. The Labute approximate surface area is 166 Å². The van der Waals surface area contributed by atoms with Crippen LogP contribution in [0.3, 0.4) is 0 Å². The van der Waals surface area contributed by atoms with Gasteiger partial charge >= 0.3 is 0 Å². The first kappa shape index (κ1) is 22.3. The van der Waals surface area contributed by atoms with E-state index >= 15 is 0 Å². The molecule has 2 aromatic heterocycles. The molecule has 0 aliphatic heterocycles. The van der Waals surface area contributed by atoms with E-state index < -0.39 is 0 Å². The van der Waals surface area contributed by atoms with Crippen molar-refractivity contribution in [3.8, 4) is 5.75 Å². The van der Waals surface area contributed by atoms with E-state index in [1.165, 1.54) is 0 Å². The van der Waals surface area contributed by atoms with Crippen molar-refractivity contribution >= 4 is 52.4 Å². The molecule has 0 fully saturated rings. The van der Waals surface area contributed by atoms with Crippen molar-refractivity contribution in [1.29, 1.82) is 0 Å². The summed E-state index contributed by atoms with van der Waals surface area (Å²) in [5, 5.41) is 10.3. The first-order valence-electron chi connectivity index (χ1n) is 8.21. The fourth-order valence-corrected chi connectivity index (χ4v) is 3.10. The van der Waals surface area contributed by atoms with Gasteiger partial charge in [-0.1, -0.05) is 12.1 Å². The zero-order chi connectivity index (χ0) is 17.3. The van der Waals surface area contributed by atoms with Crippen LogP contribution in [0.4, 0.5) is 5.69 Å². The Morgan fingerprint density at radius 1 is 1.23 bits per heavy atom. The minimum absolute atomic E-state index is 0. The highest BCUT2D eigenvalue weighted by Gasteiger charge is 2.17. The van der Waals surface area contributed by atoms with E-state index in [-0.39, 0.29) is 24.8 Å². The van der Waals surface area contributed by atoms with E-state index in [9.17, 15) is 0 Å². The maximum Gasteiger partial charge on any atom is 0.160 e. The average Bonchev–Trinajstić information content (AvgIpc) is 2.84. The van der Waals surface area contributed by atoms with Crippen LogP contribution in [0, 0.1) is 6.92 Å². The molecule has 3 rings (SSSR count). The number of nitrogens with one attached hydrogen (secondary N) is 1. The SMILES string of the molecule is COc1cccc2c(NCCCN(C)C)c3c(C)nn(C)c3nc12.Cl.Cl. The third-order valence-electron chi connectivity index (χ3n) is 4.23. The van der Waals surface area contributed by atoms with Crippen LogP contribution in [0.15, 0.2) is 18.2 Å². The number of nitrogens with zero attached hydrogens (tertiary/aromatic N) is 4. The number of pyridine rings is 1. The van der Waals surface area contributed by atoms with Crippen LogP contribution < -0.4 is 10.1 Å². The fraction of sp³-hybridized carbons (Fsp3) is 0.444. The Hall–Kier alpha value is -1.76. The molecule has 26 heavy (non-hydrogen) atoms. The number of para-hydroxylation sites is 1. The van der Waals surface area contributed by atoms with Gasteiger partial charge in [0, 0.05) is 19.0 Å². The molecule has 144 valence electrons. The Morgan fingerprint density at radius 3 is 2.62 bits per heavy atom. The smallest absolute Gasteiger partial charge is 0.160 e. The number of aryl methyl sites for hydroxylation is 2. The van der Waals surface area contributed by atoms with Crippen molar-refractivity contribution in [3.63, 3.8) is 0 Å². The molecule has 1 N–H and O–H groups in total. The molecule has 0 atom stereocenters. The highest BCUT2D eigenvalue weighted by molar-refractivity contribution is 6.09. The summed E-state index contributed by atoms with van der Waals surface area (Å²) >= 11 is 0. The Morgan fingerprint density at radius 2 is 1.96 bits per heavy atom. The predicted octanol–water partition coefficient (Wildman–Crippen LogP) is 3.65. The predicted molar refractivity (Wildman–Crippen MR) is 113 cm³/mol. The van der Waals surface area contributed by atoms with Gasteiger partial charge in [0.25, 0.3) is 0 Å². The van der Waals surface area contributed by atoms with Crippen LogP contribution in [0.5, 0.6) is 5.75 Å². The summed E-state index contributed by atoms with van der Waals surface area (Å²) in [5.41, 5.74) is 3.82. The zero-order valence-corrected chi connectivity index (χ0v) is 17.5. The highest BCUT2D eigenvalue weighted by Crippen LogP contribution is 2.36. The van der Waals surface area contributed by atoms with Gasteiger partial charge in [-0.25, -0.2) is 4.98 Å². The second-order valence-electron chi connectivity index (χ2n) is 6.33. The topological polar surface area (TPSA) is 55.2 Å². The number of ether oxygens (including phenoxy) is 1. The summed E-state index contributed by atoms with van der Waals surface area (Å²) in [6, 6.07) is 6.04. The van der Waals surface area contributed by atoms with E-state index in [4.69, 9.17) is 9.72 Å². The van der Waals surface area contributed by atoms with Crippen molar-refractivity contribution in [2.24, 2.45) is 7.05 Å². The van der Waals surface area contributed by atoms with Gasteiger partial charge < -0.3 is 15.0 Å². The number of hydrogen-bond acceptors (Lipinski definition) is 5. The first-order chi connectivity index (χ1) is 11.5. The summed E-state index contributed by atoms with van der Waals surface area (Å²) in [7, 11) is 7.80. The largest absolute Gasteiger partial charge is 0.494 e. The summed E-state index contributed by atoms with van der Waals surface area (Å²) in [5.74, 6) is 0.782. The van der Waals surface area contributed by atoms with Crippen LogP contribution in [0.25, 0.3) is 21.9 Å². The van der Waals surface area contributed by atoms with Gasteiger partial charge in [-0.2, -0.15) is 5.10 Å². The molecule has 0 spiro atoms. The molecule has 0 bridgehead atoms. The number of fused-ring (bicyclic) bond motifs is 2. The van der Waals surface area contributed by atoms with Crippen molar-refractivity contribution in [2.45, 2.75) is 13.3 Å². The van der Waals surface area contributed by atoms with Gasteiger partial charge in [0.1, 0.15) is 11.3 Å². The minimum Gasteiger partial charge on any atom is -0.494 e. The van der Waals surface area contributed by atoms with Crippen LogP contribution in [0.1, 0.15) is 12.1 Å². The first-order valence-corrected chi connectivity index (χ1v) is 8.21. The van der Waals surface area contributed by atoms with E-state index in [1.54, 1.807) is 7.11 Å². The van der Waals surface area contributed by atoms with Gasteiger partial charge in [-0.3, -0.25) is 4.68 Å². The second kappa shape index (κ2) is 9.26. The number of anilines is 1. The lowest BCUT2D eigenvalue weighted by atomic mass is 10.1. The third-order valence-corrected chi connectivity index (χ3v) is 4.23. The zero-order valence-electron chi connectivity index (χ0n) is 15.9. The Balaban J connectivity index is 0.00000169. The standard InChI is InChI=1S/C18H25N5O.2ClH/c1-12-15-17(19-10-7-11-22(2)3)13-8-6-9-14(24-5)16(13)20-18(15)23(4)21-12;;/h6,8-9H,7,10-11H2,1-5H3,(H,19,20);2*1H. The number of halogens is 2. The molecular weight excluding hydrogens is 373 g/mol. The molecule has 3 aromatic rings. The molecule has 0 aliphatic carbocycles.